The molecule has 8 nitrogen and oxygen atoms in total. The molecule has 0 unspecified atom stereocenters. The number of carbonyl (C=O) groups is 2. The molecule has 0 amide bonds. The number of nitrogens with zero attached hydrogens (tertiary/aromatic N) is 4. The van der Waals surface area contributed by atoms with Crippen LogP contribution in [0.4, 0.5) is 0 Å². The molecule has 3 heterocycles. The normalized spacial score (nSPS) is 14.5. The van der Waals surface area contributed by atoms with E-state index in [-0.39, 0.29) is 12.4 Å². The molecule has 4 rings (SSSR count). The van der Waals surface area contributed by atoms with Gasteiger partial charge >= 0.3 is 11.9 Å². The zero-order chi connectivity index (χ0) is 26.2. The van der Waals surface area contributed by atoms with Gasteiger partial charge < -0.3 is 9.47 Å². The van der Waals surface area contributed by atoms with Gasteiger partial charge in [0, 0.05) is 27.5 Å². The summed E-state index contributed by atoms with van der Waals surface area (Å²) in [6.45, 7) is 11.6. The van der Waals surface area contributed by atoms with E-state index in [2.05, 4.69) is 40.6 Å². The quantitative estimate of drug-likeness (QED) is 0.388. The number of esters is 2. The number of carbonyl (C=O) groups excluding carboxylic acids is 2. The molecule has 1 aromatic carbocycles. The summed E-state index contributed by atoms with van der Waals surface area (Å²) in [6.07, 6.45) is 0.0363. The maximum Gasteiger partial charge on any atom is 0.384 e. The van der Waals surface area contributed by atoms with Crippen molar-refractivity contribution in [3.8, 4) is 16.8 Å². The van der Waals surface area contributed by atoms with Crippen molar-refractivity contribution in [1.29, 1.82) is 0 Å². The van der Waals surface area contributed by atoms with Gasteiger partial charge in [-0.05, 0) is 59.2 Å². The third-order valence-corrected chi connectivity index (χ3v) is 6.86. The molecule has 1 aliphatic heterocycles. The minimum atomic E-state index is -0.606. The number of rotatable bonds is 3. The van der Waals surface area contributed by atoms with Gasteiger partial charge in [-0.2, -0.15) is 0 Å². The number of thiophene rings is 1. The van der Waals surface area contributed by atoms with Gasteiger partial charge in [0.25, 0.3) is 0 Å². The molecule has 0 saturated carbocycles. The molecule has 0 saturated heterocycles. The molecule has 0 fully saturated rings. The van der Waals surface area contributed by atoms with Crippen LogP contribution in [0.3, 0.4) is 0 Å². The van der Waals surface area contributed by atoms with Crippen molar-refractivity contribution in [3.05, 3.63) is 63.0 Å². The fourth-order valence-corrected chi connectivity index (χ4v) is 5.17. The van der Waals surface area contributed by atoms with E-state index < -0.39 is 17.6 Å². The van der Waals surface area contributed by atoms with E-state index in [9.17, 15) is 9.59 Å². The standard InChI is InChI=1S/C27H28N4O4S/c1-15-16(2)36-26-23(15)24(19-11-8-18(9-12-19)10-13-21(32)34-7)28-20(14-22(33)35-27(4,5)6)25-30-29-17(3)31(25)26/h8-9,11-12,20H,14H2,1-7H3/t20-/m0/s1. The lowest BCUT2D eigenvalue weighted by Gasteiger charge is -2.21. The summed E-state index contributed by atoms with van der Waals surface area (Å²) < 4.78 is 12.2. The first kappa shape index (κ1) is 25.3. The zero-order valence-corrected chi connectivity index (χ0v) is 22.2. The molecular formula is C27H28N4O4S. The molecule has 0 N–H and O–H groups in total. The smallest absolute Gasteiger partial charge is 0.384 e. The van der Waals surface area contributed by atoms with Gasteiger partial charge in [-0.25, -0.2) is 4.79 Å². The maximum absolute atomic E-state index is 12.8. The average molecular weight is 505 g/mol. The molecule has 0 aliphatic carbocycles. The van der Waals surface area contributed by atoms with Crippen molar-refractivity contribution >= 4 is 29.0 Å². The van der Waals surface area contributed by atoms with Crippen molar-refractivity contribution in [2.75, 3.05) is 7.11 Å². The number of hydrogen-bond acceptors (Lipinski definition) is 8. The Morgan fingerprint density at radius 2 is 1.81 bits per heavy atom. The van der Waals surface area contributed by atoms with Crippen molar-refractivity contribution < 1.29 is 19.1 Å². The summed E-state index contributed by atoms with van der Waals surface area (Å²) in [4.78, 5) is 30.5. The molecule has 0 radical (unpaired) electrons. The lowest BCUT2D eigenvalue weighted by Crippen LogP contribution is -2.25. The highest BCUT2D eigenvalue weighted by Crippen LogP contribution is 2.39. The third-order valence-electron chi connectivity index (χ3n) is 5.67. The number of ether oxygens (including phenoxy) is 2. The SMILES string of the molecule is COC(=O)C#Cc1ccc(C2=N[C@@H](CC(=O)OC(C)(C)C)c3nnc(C)n3-c3sc(C)c(C)c32)cc1. The lowest BCUT2D eigenvalue weighted by atomic mass is 9.98. The van der Waals surface area contributed by atoms with Gasteiger partial charge in [0.2, 0.25) is 0 Å². The summed E-state index contributed by atoms with van der Waals surface area (Å²) in [6, 6.07) is 6.93. The molecule has 36 heavy (non-hydrogen) atoms. The van der Waals surface area contributed by atoms with Crippen LogP contribution in [0.25, 0.3) is 5.00 Å². The molecule has 0 spiro atoms. The number of benzene rings is 1. The minimum Gasteiger partial charge on any atom is -0.460 e. The van der Waals surface area contributed by atoms with Gasteiger partial charge in [0.15, 0.2) is 5.82 Å². The van der Waals surface area contributed by atoms with E-state index in [1.54, 1.807) is 11.3 Å². The Morgan fingerprint density at radius 3 is 2.44 bits per heavy atom. The van der Waals surface area contributed by atoms with E-state index in [0.29, 0.717) is 11.4 Å². The second kappa shape index (κ2) is 9.70. The zero-order valence-electron chi connectivity index (χ0n) is 21.4. The topological polar surface area (TPSA) is 95.7 Å². The van der Waals surface area contributed by atoms with Crippen LogP contribution in [-0.4, -0.2) is 45.1 Å². The summed E-state index contributed by atoms with van der Waals surface area (Å²) >= 11 is 1.65. The van der Waals surface area contributed by atoms with E-state index in [4.69, 9.17) is 9.73 Å². The molecule has 9 heteroatoms. The molecule has 0 bridgehead atoms. The Bertz CT molecular complexity index is 1430. The maximum atomic E-state index is 12.8. The van der Waals surface area contributed by atoms with Crippen molar-refractivity contribution in [2.45, 2.75) is 59.6 Å². The van der Waals surface area contributed by atoms with Crippen LogP contribution in [0.2, 0.25) is 0 Å². The van der Waals surface area contributed by atoms with Crippen LogP contribution in [0.5, 0.6) is 0 Å². The predicted octanol–water partition coefficient (Wildman–Crippen LogP) is 4.40. The number of methoxy groups -OCH3 is 1. The summed E-state index contributed by atoms with van der Waals surface area (Å²) in [7, 11) is 1.29. The molecule has 2 aromatic heterocycles. The number of fused-ring (bicyclic) bond motifs is 3. The van der Waals surface area contributed by atoms with Crippen LogP contribution in [0, 0.1) is 32.6 Å². The first-order valence-electron chi connectivity index (χ1n) is 11.5. The predicted molar refractivity (Wildman–Crippen MR) is 138 cm³/mol. The first-order valence-corrected chi connectivity index (χ1v) is 12.3. The highest BCUT2D eigenvalue weighted by Gasteiger charge is 2.33. The van der Waals surface area contributed by atoms with Crippen molar-refractivity contribution in [2.24, 2.45) is 4.99 Å². The first-order chi connectivity index (χ1) is 17.0. The van der Waals surface area contributed by atoms with E-state index in [1.807, 2.05) is 56.5 Å². The number of hydrogen-bond donors (Lipinski definition) is 0. The Balaban J connectivity index is 1.84. The van der Waals surface area contributed by atoms with Crippen molar-refractivity contribution in [3.63, 3.8) is 0 Å². The van der Waals surface area contributed by atoms with Crippen LogP contribution < -0.4 is 0 Å². The van der Waals surface area contributed by atoms with Crippen LogP contribution in [-0.2, 0) is 19.1 Å². The number of aryl methyl sites for hydroxylation is 2. The highest BCUT2D eigenvalue weighted by molar-refractivity contribution is 7.15. The van der Waals surface area contributed by atoms with E-state index in [0.717, 1.165) is 38.1 Å². The minimum absolute atomic E-state index is 0.0363. The van der Waals surface area contributed by atoms with Gasteiger partial charge in [-0.15, -0.1) is 21.5 Å². The number of aromatic nitrogens is 3. The Hall–Kier alpha value is -3.77. The van der Waals surface area contributed by atoms with Crippen molar-refractivity contribution in [1.82, 2.24) is 14.8 Å². The fourth-order valence-electron chi connectivity index (χ4n) is 3.95. The Morgan fingerprint density at radius 1 is 1.11 bits per heavy atom. The Kier molecular flexibility index (Phi) is 6.83. The van der Waals surface area contributed by atoms with Gasteiger partial charge in [-0.3, -0.25) is 14.4 Å². The summed E-state index contributed by atoms with van der Waals surface area (Å²) in [5.41, 5.74) is 3.80. The third kappa shape index (κ3) is 5.09. The monoisotopic (exact) mass is 504 g/mol. The van der Waals surface area contributed by atoms with Gasteiger partial charge in [0.1, 0.15) is 22.5 Å². The molecule has 1 atom stereocenters. The van der Waals surface area contributed by atoms with Gasteiger partial charge in [-0.1, -0.05) is 18.1 Å². The molecular weight excluding hydrogens is 476 g/mol. The second-order valence-electron chi connectivity index (χ2n) is 9.51. The summed E-state index contributed by atoms with van der Waals surface area (Å²) in [5, 5.41) is 9.70. The number of aliphatic imine (C=N–C) groups is 1. The molecule has 186 valence electrons. The average Bonchev–Trinajstić information content (AvgIpc) is 3.28. The van der Waals surface area contributed by atoms with E-state index in [1.165, 1.54) is 7.11 Å². The van der Waals surface area contributed by atoms with Crippen LogP contribution in [0.1, 0.15) is 72.0 Å². The Labute approximate surface area is 214 Å². The van der Waals surface area contributed by atoms with Gasteiger partial charge in [0.05, 0.1) is 19.2 Å². The van der Waals surface area contributed by atoms with Crippen LogP contribution in [0.15, 0.2) is 29.3 Å². The van der Waals surface area contributed by atoms with Crippen LogP contribution >= 0.6 is 11.3 Å². The summed E-state index contributed by atoms with van der Waals surface area (Å²) in [5.74, 6) is 5.63. The molecule has 3 aromatic rings. The molecule has 1 aliphatic rings. The van der Waals surface area contributed by atoms with E-state index >= 15 is 0 Å². The largest absolute Gasteiger partial charge is 0.460 e. The fraction of sp³-hybridized carbons (Fsp3) is 0.370. The highest BCUT2D eigenvalue weighted by atomic mass is 32.1. The lowest BCUT2D eigenvalue weighted by molar-refractivity contribution is -0.155. The second-order valence-corrected chi connectivity index (χ2v) is 10.7.